The smallest absolute Gasteiger partial charge is 0.0109 e. The van der Waals surface area contributed by atoms with Gasteiger partial charge in [-0.15, -0.1) is 0 Å². The molecular formula is C13H27BrN2. The van der Waals surface area contributed by atoms with Gasteiger partial charge in [-0.3, -0.25) is 0 Å². The van der Waals surface area contributed by atoms with E-state index in [9.17, 15) is 0 Å². The minimum absolute atomic E-state index is 0.599. The first-order chi connectivity index (χ1) is 7.62. The largest absolute Gasteiger partial charge is 0.308 e. The van der Waals surface area contributed by atoms with Crippen molar-refractivity contribution in [3.8, 4) is 0 Å². The molecule has 0 aromatic carbocycles. The zero-order valence-corrected chi connectivity index (χ0v) is 12.7. The Bertz CT molecular complexity index is 185. The average molecular weight is 291 g/mol. The Labute approximate surface area is 109 Å². The van der Waals surface area contributed by atoms with E-state index in [2.05, 4.69) is 46.7 Å². The van der Waals surface area contributed by atoms with Gasteiger partial charge in [-0.1, -0.05) is 29.3 Å². The molecule has 0 atom stereocenters. The van der Waals surface area contributed by atoms with Crippen LogP contribution in [0.4, 0.5) is 0 Å². The number of hydrogen-bond donors (Lipinski definition) is 0. The topological polar surface area (TPSA) is 6.48 Å². The molecule has 1 saturated carbocycles. The van der Waals surface area contributed by atoms with Crippen LogP contribution in [0.15, 0.2) is 0 Å². The minimum Gasteiger partial charge on any atom is -0.308 e. The van der Waals surface area contributed by atoms with Gasteiger partial charge in [0.05, 0.1) is 0 Å². The second-order valence-electron chi connectivity index (χ2n) is 5.57. The molecule has 1 aliphatic rings. The predicted octanol–water partition coefficient (Wildman–Crippen LogP) is 2.83. The standard InChI is InChI=1S/C13H27BrN2/c1-4-8-16(10-9-15(2)3)12-13(11-14)6-5-7-13/h4-12H2,1-3H3. The highest BCUT2D eigenvalue weighted by atomic mass is 79.9. The highest BCUT2D eigenvalue weighted by Crippen LogP contribution is 2.42. The van der Waals surface area contributed by atoms with Gasteiger partial charge in [0.15, 0.2) is 0 Å². The van der Waals surface area contributed by atoms with Crippen LogP contribution in [-0.4, -0.2) is 55.4 Å². The van der Waals surface area contributed by atoms with E-state index in [-0.39, 0.29) is 0 Å². The van der Waals surface area contributed by atoms with Crippen molar-refractivity contribution in [3.63, 3.8) is 0 Å². The number of hydrogen-bond acceptors (Lipinski definition) is 2. The highest BCUT2D eigenvalue weighted by molar-refractivity contribution is 9.09. The Morgan fingerprint density at radius 3 is 2.19 bits per heavy atom. The molecule has 0 heterocycles. The van der Waals surface area contributed by atoms with Gasteiger partial charge in [-0.25, -0.2) is 0 Å². The van der Waals surface area contributed by atoms with Crippen molar-refractivity contribution >= 4 is 15.9 Å². The Balaban J connectivity index is 2.37. The first kappa shape index (κ1) is 14.5. The summed E-state index contributed by atoms with van der Waals surface area (Å²) in [6.45, 7) is 7.22. The van der Waals surface area contributed by atoms with Gasteiger partial charge in [0.1, 0.15) is 0 Å². The van der Waals surface area contributed by atoms with E-state index in [0.29, 0.717) is 5.41 Å². The fraction of sp³-hybridized carbons (Fsp3) is 1.00. The monoisotopic (exact) mass is 290 g/mol. The van der Waals surface area contributed by atoms with Crippen LogP contribution in [0.2, 0.25) is 0 Å². The minimum atomic E-state index is 0.599. The lowest BCUT2D eigenvalue weighted by Crippen LogP contribution is -2.45. The molecule has 0 N–H and O–H groups in total. The molecule has 0 amide bonds. The van der Waals surface area contributed by atoms with Gasteiger partial charge in [0.25, 0.3) is 0 Å². The van der Waals surface area contributed by atoms with Crippen LogP contribution < -0.4 is 0 Å². The summed E-state index contributed by atoms with van der Waals surface area (Å²) in [6, 6.07) is 0. The van der Waals surface area contributed by atoms with Crippen LogP contribution in [0, 0.1) is 5.41 Å². The first-order valence-electron chi connectivity index (χ1n) is 6.55. The van der Waals surface area contributed by atoms with Crippen molar-refractivity contribution in [1.82, 2.24) is 9.80 Å². The number of rotatable bonds is 8. The van der Waals surface area contributed by atoms with E-state index in [1.165, 1.54) is 57.2 Å². The summed E-state index contributed by atoms with van der Waals surface area (Å²) in [5.74, 6) is 0. The molecule has 96 valence electrons. The highest BCUT2D eigenvalue weighted by Gasteiger charge is 2.37. The lowest BCUT2D eigenvalue weighted by molar-refractivity contribution is 0.0868. The second-order valence-corrected chi connectivity index (χ2v) is 6.13. The van der Waals surface area contributed by atoms with Crippen LogP contribution in [0.5, 0.6) is 0 Å². The summed E-state index contributed by atoms with van der Waals surface area (Å²) in [5, 5.41) is 1.18. The van der Waals surface area contributed by atoms with Gasteiger partial charge in [-0.2, -0.15) is 0 Å². The predicted molar refractivity (Wildman–Crippen MR) is 75.4 cm³/mol. The molecule has 1 fully saturated rings. The van der Waals surface area contributed by atoms with Crippen LogP contribution in [-0.2, 0) is 0 Å². The third kappa shape index (κ3) is 4.34. The molecule has 1 aliphatic carbocycles. The molecule has 1 rings (SSSR count). The van der Waals surface area contributed by atoms with Crippen molar-refractivity contribution < 1.29 is 0 Å². The average Bonchev–Trinajstić information content (AvgIpc) is 2.19. The van der Waals surface area contributed by atoms with Crippen LogP contribution in [0.3, 0.4) is 0 Å². The summed E-state index contributed by atoms with van der Waals surface area (Å²) in [5.41, 5.74) is 0.599. The van der Waals surface area contributed by atoms with E-state index in [4.69, 9.17) is 0 Å². The van der Waals surface area contributed by atoms with Crippen LogP contribution in [0.25, 0.3) is 0 Å². The summed E-state index contributed by atoms with van der Waals surface area (Å²) >= 11 is 3.71. The Hall–Kier alpha value is 0.400. The number of nitrogens with zero attached hydrogens (tertiary/aromatic N) is 2. The molecule has 0 spiro atoms. The van der Waals surface area contributed by atoms with E-state index in [0.717, 1.165) is 0 Å². The normalized spacial score (nSPS) is 19.1. The maximum Gasteiger partial charge on any atom is 0.0109 e. The fourth-order valence-electron chi connectivity index (χ4n) is 2.41. The summed E-state index contributed by atoms with van der Waals surface area (Å²) < 4.78 is 0. The summed E-state index contributed by atoms with van der Waals surface area (Å²) in [7, 11) is 4.32. The molecular weight excluding hydrogens is 264 g/mol. The van der Waals surface area contributed by atoms with E-state index in [1.807, 2.05) is 0 Å². The lowest BCUT2D eigenvalue weighted by Gasteiger charge is -2.44. The molecule has 2 nitrogen and oxygen atoms in total. The number of likely N-dealkylation sites (N-methyl/N-ethyl adjacent to an activating group) is 1. The maximum absolute atomic E-state index is 3.71. The van der Waals surface area contributed by atoms with Gasteiger partial charge in [-0.05, 0) is 45.3 Å². The van der Waals surface area contributed by atoms with Crippen molar-refractivity contribution in [1.29, 1.82) is 0 Å². The fourth-order valence-corrected chi connectivity index (χ4v) is 3.15. The number of alkyl halides is 1. The first-order valence-corrected chi connectivity index (χ1v) is 7.67. The van der Waals surface area contributed by atoms with Crippen molar-refractivity contribution in [3.05, 3.63) is 0 Å². The molecule has 0 bridgehead atoms. The molecule has 0 unspecified atom stereocenters. The third-order valence-corrected chi connectivity index (χ3v) is 4.85. The number of halogens is 1. The Morgan fingerprint density at radius 2 is 1.81 bits per heavy atom. The quantitative estimate of drug-likeness (QED) is 0.635. The molecule has 0 radical (unpaired) electrons. The van der Waals surface area contributed by atoms with Crippen LogP contribution in [0.1, 0.15) is 32.6 Å². The molecule has 0 aliphatic heterocycles. The lowest BCUT2D eigenvalue weighted by atomic mass is 9.70. The van der Waals surface area contributed by atoms with Crippen molar-refractivity contribution in [2.45, 2.75) is 32.6 Å². The van der Waals surface area contributed by atoms with Gasteiger partial charge >= 0.3 is 0 Å². The molecule has 0 aromatic heterocycles. The Morgan fingerprint density at radius 1 is 1.12 bits per heavy atom. The zero-order valence-electron chi connectivity index (χ0n) is 11.1. The van der Waals surface area contributed by atoms with Gasteiger partial charge in [0, 0.05) is 25.0 Å². The third-order valence-electron chi connectivity index (χ3n) is 3.66. The maximum atomic E-state index is 3.71. The molecule has 0 aromatic rings. The van der Waals surface area contributed by atoms with E-state index in [1.54, 1.807) is 0 Å². The van der Waals surface area contributed by atoms with Gasteiger partial charge in [0.2, 0.25) is 0 Å². The molecule has 16 heavy (non-hydrogen) atoms. The Kier molecular flexibility index (Phi) is 6.30. The van der Waals surface area contributed by atoms with Crippen molar-refractivity contribution in [2.75, 3.05) is 45.6 Å². The van der Waals surface area contributed by atoms with Gasteiger partial charge < -0.3 is 9.80 Å². The van der Waals surface area contributed by atoms with E-state index < -0.39 is 0 Å². The summed E-state index contributed by atoms with van der Waals surface area (Å²) in [4.78, 5) is 4.94. The molecule has 3 heteroatoms. The van der Waals surface area contributed by atoms with E-state index >= 15 is 0 Å². The second kappa shape index (κ2) is 6.97. The van der Waals surface area contributed by atoms with Crippen molar-refractivity contribution in [2.24, 2.45) is 5.41 Å². The summed E-state index contributed by atoms with van der Waals surface area (Å²) in [6.07, 6.45) is 5.53. The SMILES string of the molecule is CCCN(CCN(C)C)CC1(CBr)CCC1. The zero-order chi connectivity index (χ0) is 12.0. The molecule has 0 saturated heterocycles. The van der Waals surface area contributed by atoms with Crippen LogP contribution >= 0.6 is 15.9 Å².